The maximum atomic E-state index is 5.71. The summed E-state index contributed by atoms with van der Waals surface area (Å²) in [6.45, 7) is 0. The third kappa shape index (κ3) is 2.24. The van der Waals surface area contributed by atoms with Crippen LogP contribution in [0.3, 0.4) is 0 Å². The van der Waals surface area contributed by atoms with Crippen molar-refractivity contribution in [3.63, 3.8) is 0 Å². The highest BCUT2D eigenvalue weighted by Crippen LogP contribution is 2.32. The van der Waals surface area contributed by atoms with Crippen LogP contribution in [-0.2, 0) is 0 Å². The zero-order valence-corrected chi connectivity index (χ0v) is 9.31. The maximum absolute atomic E-state index is 5.71. The molecule has 0 saturated carbocycles. The van der Waals surface area contributed by atoms with Crippen LogP contribution in [-0.4, -0.2) is 9.97 Å². The van der Waals surface area contributed by atoms with Gasteiger partial charge in [0, 0.05) is 18.1 Å². The number of hydrogen-bond acceptors (Lipinski definition) is 4. The van der Waals surface area contributed by atoms with Crippen LogP contribution in [0.5, 0.6) is 11.8 Å². The topological polar surface area (TPSA) is 61.0 Å². The van der Waals surface area contributed by atoms with Gasteiger partial charge in [0.25, 0.3) is 0 Å². The van der Waals surface area contributed by atoms with Crippen molar-refractivity contribution in [1.29, 1.82) is 0 Å². The first-order valence-electron chi connectivity index (χ1n) is 4.26. The Morgan fingerprint density at radius 1 is 1.13 bits per heavy atom. The van der Waals surface area contributed by atoms with E-state index in [9.17, 15) is 0 Å². The molecule has 0 aliphatic rings. The van der Waals surface area contributed by atoms with Crippen molar-refractivity contribution in [2.24, 2.45) is 0 Å². The Kier molecular flexibility index (Phi) is 2.82. The molecule has 0 unspecified atom stereocenters. The fourth-order valence-corrected chi connectivity index (χ4v) is 1.39. The van der Waals surface area contributed by atoms with Gasteiger partial charge in [-0.25, -0.2) is 9.97 Å². The van der Waals surface area contributed by atoms with E-state index in [1.54, 1.807) is 36.7 Å². The third-order valence-corrected chi connectivity index (χ3v) is 2.59. The predicted octanol–water partition coefficient (Wildman–Crippen LogP) is 2.61. The molecular weight excluding hydrogens is 258 g/mol. The van der Waals surface area contributed by atoms with Crippen LogP contribution in [0.1, 0.15) is 0 Å². The number of halogens is 1. The van der Waals surface area contributed by atoms with Crippen molar-refractivity contribution >= 4 is 21.6 Å². The number of ether oxygens (including phenoxy) is 1. The minimum absolute atomic E-state index is 0.295. The van der Waals surface area contributed by atoms with Crippen LogP contribution >= 0.6 is 15.9 Å². The first kappa shape index (κ1) is 9.92. The Bertz CT molecular complexity index is 461. The summed E-state index contributed by atoms with van der Waals surface area (Å²) < 4.78 is 6.15. The Labute approximate surface area is 95.2 Å². The van der Waals surface area contributed by atoms with Crippen molar-refractivity contribution in [2.45, 2.75) is 0 Å². The molecule has 0 saturated heterocycles. The minimum Gasteiger partial charge on any atom is -0.423 e. The van der Waals surface area contributed by atoms with Gasteiger partial charge in [-0.2, -0.15) is 0 Å². The SMILES string of the molecule is Nc1cccc(Oc2ncccn2)c1Br. The average Bonchev–Trinajstić information content (AvgIpc) is 2.26. The van der Waals surface area contributed by atoms with Gasteiger partial charge >= 0.3 is 6.01 Å². The summed E-state index contributed by atoms with van der Waals surface area (Å²) in [5.41, 5.74) is 6.32. The highest BCUT2D eigenvalue weighted by Gasteiger charge is 2.06. The van der Waals surface area contributed by atoms with Gasteiger partial charge in [0.15, 0.2) is 0 Å². The molecule has 1 aromatic carbocycles. The molecule has 0 amide bonds. The summed E-state index contributed by atoms with van der Waals surface area (Å²) in [6, 6.07) is 7.39. The molecule has 15 heavy (non-hydrogen) atoms. The van der Waals surface area contributed by atoms with Crippen LogP contribution in [0.15, 0.2) is 41.1 Å². The Morgan fingerprint density at radius 3 is 2.60 bits per heavy atom. The van der Waals surface area contributed by atoms with E-state index in [1.165, 1.54) is 0 Å². The Balaban J connectivity index is 2.29. The van der Waals surface area contributed by atoms with Gasteiger partial charge in [-0.15, -0.1) is 0 Å². The van der Waals surface area contributed by atoms with Gasteiger partial charge in [0.05, 0.1) is 4.47 Å². The molecular formula is C10H8BrN3O. The van der Waals surface area contributed by atoms with Gasteiger partial charge in [-0.1, -0.05) is 6.07 Å². The van der Waals surface area contributed by atoms with Crippen LogP contribution in [0.4, 0.5) is 5.69 Å². The molecule has 0 aliphatic carbocycles. The summed E-state index contributed by atoms with van der Waals surface area (Å²) in [5, 5.41) is 0. The van der Waals surface area contributed by atoms with E-state index in [2.05, 4.69) is 25.9 Å². The molecule has 2 N–H and O–H groups in total. The van der Waals surface area contributed by atoms with Gasteiger partial charge in [-0.05, 0) is 34.1 Å². The Morgan fingerprint density at radius 2 is 1.87 bits per heavy atom. The highest BCUT2D eigenvalue weighted by molar-refractivity contribution is 9.10. The van der Waals surface area contributed by atoms with E-state index < -0.39 is 0 Å². The molecule has 0 aliphatic heterocycles. The molecule has 2 aromatic rings. The smallest absolute Gasteiger partial charge is 0.321 e. The zero-order chi connectivity index (χ0) is 10.7. The number of nitrogen functional groups attached to an aromatic ring is 1. The maximum Gasteiger partial charge on any atom is 0.321 e. The molecule has 0 radical (unpaired) electrons. The lowest BCUT2D eigenvalue weighted by Gasteiger charge is -2.06. The van der Waals surface area contributed by atoms with Gasteiger partial charge in [0.1, 0.15) is 5.75 Å². The third-order valence-electron chi connectivity index (χ3n) is 1.74. The summed E-state index contributed by atoms with van der Waals surface area (Å²) >= 11 is 3.33. The van der Waals surface area contributed by atoms with Crippen LogP contribution in [0.2, 0.25) is 0 Å². The molecule has 5 heteroatoms. The normalized spacial score (nSPS) is 9.93. The summed E-state index contributed by atoms with van der Waals surface area (Å²) in [6.07, 6.45) is 3.23. The monoisotopic (exact) mass is 265 g/mol. The average molecular weight is 266 g/mol. The van der Waals surface area contributed by atoms with Crippen molar-refractivity contribution in [2.75, 3.05) is 5.73 Å². The largest absolute Gasteiger partial charge is 0.423 e. The lowest BCUT2D eigenvalue weighted by atomic mass is 10.3. The summed E-state index contributed by atoms with van der Waals surface area (Å²) in [7, 11) is 0. The molecule has 1 aromatic heterocycles. The molecule has 0 atom stereocenters. The van der Waals surface area contributed by atoms with E-state index in [0.717, 1.165) is 0 Å². The van der Waals surface area contributed by atoms with Crippen molar-refractivity contribution < 1.29 is 4.74 Å². The number of hydrogen-bond donors (Lipinski definition) is 1. The fourth-order valence-electron chi connectivity index (χ4n) is 1.04. The van der Waals surface area contributed by atoms with E-state index >= 15 is 0 Å². The van der Waals surface area contributed by atoms with Crippen molar-refractivity contribution in [3.05, 3.63) is 41.1 Å². The number of rotatable bonds is 2. The highest BCUT2D eigenvalue weighted by atomic mass is 79.9. The lowest BCUT2D eigenvalue weighted by molar-refractivity contribution is 0.439. The first-order valence-corrected chi connectivity index (χ1v) is 5.05. The second-order valence-corrected chi connectivity index (χ2v) is 3.59. The number of aromatic nitrogens is 2. The van der Waals surface area contributed by atoms with Gasteiger partial charge in [0.2, 0.25) is 0 Å². The minimum atomic E-state index is 0.295. The number of nitrogens with two attached hydrogens (primary N) is 1. The van der Waals surface area contributed by atoms with E-state index in [4.69, 9.17) is 10.5 Å². The van der Waals surface area contributed by atoms with Gasteiger partial charge < -0.3 is 10.5 Å². The second-order valence-electron chi connectivity index (χ2n) is 2.79. The summed E-state index contributed by atoms with van der Waals surface area (Å²) in [5.74, 6) is 0.598. The summed E-state index contributed by atoms with van der Waals surface area (Å²) in [4.78, 5) is 7.90. The molecule has 0 fully saturated rings. The van der Waals surface area contributed by atoms with Crippen LogP contribution in [0.25, 0.3) is 0 Å². The second kappa shape index (κ2) is 4.27. The van der Waals surface area contributed by atoms with Gasteiger partial charge in [-0.3, -0.25) is 0 Å². The number of nitrogens with zero attached hydrogens (tertiary/aromatic N) is 2. The van der Waals surface area contributed by atoms with Crippen molar-refractivity contribution in [3.8, 4) is 11.8 Å². The zero-order valence-electron chi connectivity index (χ0n) is 7.72. The number of benzene rings is 1. The van der Waals surface area contributed by atoms with Crippen LogP contribution in [0, 0.1) is 0 Å². The lowest BCUT2D eigenvalue weighted by Crippen LogP contribution is -1.93. The van der Waals surface area contributed by atoms with Crippen LogP contribution < -0.4 is 10.5 Å². The van der Waals surface area contributed by atoms with E-state index in [1.807, 2.05) is 0 Å². The first-order chi connectivity index (χ1) is 7.27. The molecule has 0 bridgehead atoms. The molecule has 76 valence electrons. The molecule has 0 spiro atoms. The molecule has 4 nitrogen and oxygen atoms in total. The Hall–Kier alpha value is -1.62. The molecule has 2 rings (SSSR count). The molecule has 1 heterocycles. The quantitative estimate of drug-likeness (QED) is 0.849. The standard InChI is InChI=1S/C10H8BrN3O/c11-9-7(12)3-1-4-8(9)15-10-13-5-2-6-14-10/h1-6H,12H2. The van der Waals surface area contributed by atoms with Crippen molar-refractivity contribution in [1.82, 2.24) is 9.97 Å². The number of anilines is 1. The van der Waals surface area contributed by atoms with E-state index in [-0.39, 0.29) is 0 Å². The predicted molar refractivity (Wildman–Crippen MR) is 60.7 cm³/mol. The van der Waals surface area contributed by atoms with E-state index in [0.29, 0.717) is 21.9 Å². The fraction of sp³-hybridized carbons (Fsp3) is 0.